The molecule has 0 aliphatic carbocycles. The SMILES string of the molecule is CC(O)C(N)C(=O)NC(CCCCN)C(=O)NC(CC(=O)O)C(=O)NC(Cc1ccccc1)C(=O)O. The van der Waals surface area contributed by atoms with Gasteiger partial charge >= 0.3 is 11.9 Å². The Bertz CT molecular complexity index is 896. The quantitative estimate of drug-likeness (QED) is 0.115. The van der Waals surface area contributed by atoms with Crippen molar-refractivity contribution < 1.29 is 39.3 Å². The zero-order chi connectivity index (χ0) is 27.3. The van der Waals surface area contributed by atoms with Crippen LogP contribution in [0.25, 0.3) is 0 Å². The molecule has 0 saturated carbocycles. The number of unbranched alkanes of at least 4 members (excludes halogenated alkanes) is 1. The van der Waals surface area contributed by atoms with E-state index in [0.29, 0.717) is 24.9 Å². The van der Waals surface area contributed by atoms with Crippen LogP contribution in [0.4, 0.5) is 0 Å². The lowest BCUT2D eigenvalue weighted by molar-refractivity contribution is -0.143. The zero-order valence-corrected chi connectivity index (χ0v) is 20.1. The van der Waals surface area contributed by atoms with Crippen LogP contribution in [-0.2, 0) is 30.4 Å². The summed E-state index contributed by atoms with van der Waals surface area (Å²) >= 11 is 0. The number of aliphatic carboxylic acids is 2. The van der Waals surface area contributed by atoms with Gasteiger partial charge in [0.25, 0.3) is 0 Å². The van der Waals surface area contributed by atoms with E-state index in [2.05, 4.69) is 16.0 Å². The second kappa shape index (κ2) is 15.4. The van der Waals surface area contributed by atoms with Crippen molar-refractivity contribution in [2.24, 2.45) is 11.5 Å². The molecule has 200 valence electrons. The van der Waals surface area contributed by atoms with E-state index in [1.54, 1.807) is 30.3 Å². The number of rotatable bonds is 16. The minimum atomic E-state index is -1.62. The van der Waals surface area contributed by atoms with E-state index in [9.17, 15) is 39.3 Å². The van der Waals surface area contributed by atoms with Crippen molar-refractivity contribution in [1.29, 1.82) is 0 Å². The molecule has 0 fully saturated rings. The number of nitrogens with one attached hydrogen (secondary N) is 3. The summed E-state index contributed by atoms with van der Waals surface area (Å²) in [6, 6.07) is 2.98. The Morgan fingerprint density at radius 1 is 0.861 bits per heavy atom. The fraction of sp³-hybridized carbons (Fsp3) is 0.522. The molecule has 0 bridgehead atoms. The van der Waals surface area contributed by atoms with Crippen molar-refractivity contribution in [3.05, 3.63) is 35.9 Å². The van der Waals surface area contributed by atoms with Crippen molar-refractivity contribution in [3.8, 4) is 0 Å². The van der Waals surface area contributed by atoms with Gasteiger partial charge in [-0.2, -0.15) is 0 Å². The summed E-state index contributed by atoms with van der Waals surface area (Å²) in [4.78, 5) is 61.1. The summed E-state index contributed by atoms with van der Waals surface area (Å²) < 4.78 is 0. The summed E-state index contributed by atoms with van der Waals surface area (Å²) in [6.45, 7) is 1.63. The minimum absolute atomic E-state index is 0.0648. The maximum absolute atomic E-state index is 12.9. The van der Waals surface area contributed by atoms with Crippen LogP contribution in [0.1, 0.15) is 38.2 Å². The van der Waals surface area contributed by atoms with E-state index in [4.69, 9.17) is 11.5 Å². The van der Waals surface area contributed by atoms with Gasteiger partial charge in [-0.3, -0.25) is 19.2 Å². The molecule has 1 rings (SSSR count). The molecular weight excluding hydrogens is 474 g/mol. The Labute approximate surface area is 208 Å². The average Bonchev–Trinajstić information content (AvgIpc) is 2.82. The molecule has 13 heteroatoms. The molecule has 0 aliphatic heterocycles. The van der Waals surface area contributed by atoms with Crippen LogP contribution in [0.5, 0.6) is 0 Å². The Morgan fingerprint density at radius 2 is 1.42 bits per heavy atom. The first kappa shape index (κ1) is 30.5. The molecule has 1 aromatic rings. The second-order valence-electron chi connectivity index (χ2n) is 8.36. The standard InChI is InChI=1S/C23H35N5O8/c1-13(29)19(25)22(34)26-15(9-5-6-10-24)20(32)27-16(12-18(30)31)21(33)28-17(23(35)36)11-14-7-3-2-4-8-14/h2-4,7-8,13,15-17,19,29H,5-6,9-12,24-25H2,1H3,(H,26,34)(H,27,32)(H,28,33)(H,30,31)(H,35,36). The van der Waals surface area contributed by atoms with E-state index in [1.807, 2.05) is 0 Å². The number of hydrogen-bond acceptors (Lipinski definition) is 8. The summed E-state index contributed by atoms with van der Waals surface area (Å²) in [5.74, 6) is -5.45. The number of aliphatic hydroxyl groups is 1. The van der Waals surface area contributed by atoms with Crippen molar-refractivity contribution in [1.82, 2.24) is 16.0 Å². The molecule has 5 atom stereocenters. The van der Waals surface area contributed by atoms with E-state index < -0.39 is 66.4 Å². The van der Waals surface area contributed by atoms with E-state index in [0.717, 1.165) is 0 Å². The first-order valence-electron chi connectivity index (χ1n) is 11.5. The largest absolute Gasteiger partial charge is 0.481 e. The number of carbonyl (C=O) groups is 5. The van der Waals surface area contributed by atoms with Gasteiger partial charge in [0.15, 0.2) is 0 Å². The lowest BCUT2D eigenvalue weighted by Gasteiger charge is -2.25. The fourth-order valence-electron chi connectivity index (χ4n) is 3.23. The molecule has 0 saturated heterocycles. The number of carboxylic acid groups (broad SMARTS) is 2. The Balaban J connectivity index is 3.01. The Kier molecular flexibility index (Phi) is 13.1. The molecule has 5 unspecified atom stereocenters. The molecule has 1 aromatic carbocycles. The Morgan fingerprint density at radius 3 is 1.94 bits per heavy atom. The smallest absolute Gasteiger partial charge is 0.326 e. The minimum Gasteiger partial charge on any atom is -0.481 e. The van der Waals surface area contributed by atoms with Crippen LogP contribution >= 0.6 is 0 Å². The van der Waals surface area contributed by atoms with Crippen molar-refractivity contribution in [2.75, 3.05) is 6.54 Å². The van der Waals surface area contributed by atoms with Crippen molar-refractivity contribution in [2.45, 2.75) is 69.3 Å². The van der Waals surface area contributed by atoms with Gasteiger partial charge < -0.3 is 42.7 Å². The van der Waals surface area contributed by atoms with E-state index >= 15 is 0 Å². The maximum atomic E-state index is 12.9. The van der Waals surface area contributed by atoms with Crippen LogP contribution in [0.2, 0.25) is 0 Å². The number of hydrogen-bond donors (Lipinski definition) is 8. The second-order valence-corrected chi connectivity index (χ2v) is 8.36. The van der Waals surface area contributed by atoms with Gasteiger partial charge in [-0.05, 0) is 38.3 Å². The number of carbonyl (C=O) groups excluding carboxylic acids is 3. The third-order valence-electron chi connectivity index (χ3n) is 5.31. The van der Waals surface area contributed by atoms with Gasteiger partial charge in [0, 0.05) is 6.42 Å². The van der Waals surface area contributed by atoms with Gasteiger partial charge in [-0.1, -0.05) is 30.3 Å². The first-order chi connectivity index (χ1) is 17.0. The molecule has 0 heterocycles. The normalized spacial score (nSPS) is 15.0. The van der Waals surface area contributed by atoms with Crippen molar-refractivity contribution >= 4 is 29.7 Å². The topological polar surface area (TPSA) is 234 Å². The van der Waals surface area contributed by atoms with Gasteiger partial charge in [0.1, 0.15) is 24.2 Å². The third kappa shape index (κ3) is 10.8. The molecule has 0 aromatic heterocycles. The summed E-state index contributed by atoms with van der Waals surface area (Å²) in [5, 5.41) is 35.3. The average molecular weight is 510 g/mol. The summed E-state index contributed by atoms with van der Waals surface area (Å²) in [5.41, 5.74) is 11.7. The number of amides is 3. The van der Waals surface area contributed by atoms with Crippen LogP contribution in [0, 0.1) is 0 Å². The van der Waals surface area contributed by atoms with Crippen LogP contribution in [0.15, 0.2) is 30.3 Å². The molecule has 0 spiro atoms. The van der Waals surface area contributed by atoms with Gasteiger partial charge in [0.2, 0.25) is 17.7 Å². The highest BCUT2D eigenvalue weighted by atomic mass is 16.4. The number of aliphatic hydroxyl groups excluding tert-OH is 1. The molecule has 3 amide bonds. The molecule has 0 radical (unpaired) electrons. The van der Waals surface area contributed by atoms with E-state index in [1.165, 1.54) is 6.92 Å². The van der Waals surface area contributed by atoms with Crippen LogP contribution in [-0.4, -0.2) is 81.8 Å². The van der Waals surface area contributed by atoms with Gasteiger partial charge in [-0.15, -0.1) is 0 Å². The molecule has 10 N–H and O–H groups in total. The van der Waals surface area contributed by atoms with Gasteiger partial charge in [-0.25, -0.2) is 4.79 Å². The Hall–Kier alpha value is -3.55. The van der Waals surface area contributed by atoms with Crippen LogP contribution < -0.4 is 27.4 Å². The van der Waals surface area contributed by atoms with Crippen molar-refractivity contribution in [3.63, 3.8) is 0 Å². The maximum Gasteiger partial charge on any atom is 0.326 e. The first-order valence-corrected chi connectivity index (χ1v) is 11.5. The highest BCUT2D eigenvalue weighted by molar-refractivity contribution is 5.95. The molecule has 0 aliphatic rings. The molecular formula is C23H35N5O8. The monoisotopic (exact) mass is 509 g/mol. The molecule has 13 nitrogen and oxygen atoms in total. The predicted octanol–water partition coefficient (Wildman–Crippen LogP) is -1.92. The predicted molar refractivity (Wildman–Crippen MR) is 128 cm³/mol. The number of nitrogens with two attached hydrogens (primary N) is 2. The fourth-order valence-corrected chi connectivity index (χ4v) is 3.23. The zero-order valence-electron chi connectivity index (χ0n) is 20.1. The van der Waals surface area contributed by atoms with Crippen LogP contribution in [0.3, 0.4) is 0 Å². The molecule has 36 heavy (non-hydrogen) atoms. The summed E-state index contributed by atoms with van der Waals surface area (Å²) in [6.07, 6.45) is -1.03. The highest BCUT2D eigenvalue weighted by Crippen LogP contribution is 2.07. The van der Waals surface area contributed by atoms with E-state index in [-0.39, 0.29) is 12.8 Å². The lowest BCUT2D eigenvalue weighted by Crippen LogP contribution is -2.58. The number of carboxylic acids is 2. The highest BCUT2D eigenvalue weighted by Gasteiger charge is 2.32. The third-order valence-corrected chi connectivity index (χ3v) is 5.31. The number of benzene rings is 1. The lowest BCUT2D eigenvalue weighted by atomic mass is 10.0. The summed E-state index contributed by atoms with van der Waals surface area (Å²) in [7, 11) is 0. The van der Waals surface area contributed by atoms with Gasteiger partial charge in [0.05, 0.1) is 12.5 Å².